The Hall–Kier alpha value is -1.82. The number of likely N-dealkylation sites (tertiary alicyclic amines) is 1. The van der Waals surface area contributed by atoms with E-state index in [-0.39, 0.29) is 29.0 Å². The average molecular weight is 284 g/mol. The van der Waals surface area contributed by atoms with Crippen LogP contribution in [0.5, 0.6) is 0 Å². The molecule has 0 aromatic carbocycles. The van der Waals surface area contributed by atoms with E-state index in [9.17, 15) is 9.59 Å². The molecule has 19 heavy (non-hydrogen) atoms. The van der Waals surface area contributed by atoms with Crippen molar-refractivity contribution in [2.45, 2.75) is 12.8 Å². The highest BCUT2D eigenvalue weighted by Gasteiger charge is 2.17. The van der Waals surface area contributed by atoms with Gasteiger partial charge in [0.1, 0.15) is 11.0 Å². The van der Waals surface area contributed by atoms with Gasteiger partial charge in [-0.05, 0) is 25.0 Å². The molecule has 0 aliphatic carbocycles. The summed E-state index contributed by atoms with van der Waals surface area (Å²) in [6.07, 6.45) is 2.06. The first-order valence-electron chi connectivity index (χ1n) is 5.99. The molecule has 0 spiro atoms. The van der Waals surface area contributed by atoms with Crippen LogP contribution in [0.1, 0.15) is 23.2 Å². The maximum absolute atomic E-state index is 11.8. The second-order valence-electron chi connectivity index (χ2n) is 4.31. The van der Waals surface area contributed by atoms with E-state index < -0.39 is 5.97 Å². The molecule has 0 atom stereocenters. The van der Waals surface area contributed by atoms with Gasteiger partial charge < -0.3 is 15.3 Å². The number of carboxylic acids is 1. The summed E-state index contributed by atoms with van der Waals surface area (Å²) in [6.45, 7) is 1.65. The molecule has 2 N–H and O–H groups in total. The van der Waals surface area contributed by atoms with Gasteiger partial charge in [-0.15, -0.1) is 0 Å². The first-order valence-corrected chi connectivity index (χ1v) is 6.36. The number of hydrogen-bond acceptors (Lipinski definition) is 4. The number of rotatable bonds is 4. The third-order valence-corrected chi connectivity index (χ3v) is 3.11. The molecule has 1 aromatic rings. The van der Waals surface area contributed by atoms with Crippen LogP contribution in [0.3, 0.4) is 0 Å². The lowest BCUT2D eigenvalue weighted by atomic mass is 10.2. The average Bonchev–Trinajstić information content (AvgIpc) is 2.89. The number of hydrogen-bond donors (Lipinski definition) is 2. The van der Waals surface area contributed by atoms with E-state index >= 15 is 0 Å². The predicted molar refractivity (Wildman–Crippen MR) is 70.5 cm³/mol. The molecule has 0 bridgehead atoms. The number of halogens is 1. The van der Waals surface area contributed by atoms with Crippen molar-refractivity contribution in [3.05, 3.63) is 22.8 Å². The summed E-state index contributed by atoms with van der Waals surface area (Å²) in [5.41, 5.74) is 0.0381. The molecule has 1 saturated heterocycles. The van der Waals surface area contributed by atoms with Gasteiger partial charge >= 0.3 is 5.97 Å². The van der Waals surface area contributed by atoms with E-state index in [4.69, 9.17) is 16.7 Å². The Kier molecular flexibility index (Phi) is 4.21. The number of aromatic nitrogens is 1. The van der Waals surface area contributed by atoms with Crippen LogP contribution in [-0.4, -0.2) is 46.5 Å². The fourth-order valence-electron chi connectivity index (χ4n) is 1.96. The van der Waals surface area contributed by atoms with Crippen molar-refractivity contribution in [1.82, 2.24) is 9.88 Å². The van der Waals surface area contributed by atoms with Gasteiger partial charge in [-0.2, -0.15) is 0 Å². The largest absolute Gasteiger partial charge is 0.478 e. The van der Waals surface area contributed by atoms with Crippen LogP contribution in [0.4, 0.5) is 5.82 Å². The van der Waals surface area contributed by atoms with Gasteiger partial charge in [0.05, 0.1) is 12.1 Å². The highest BCUT2D eigenvalue weighted by atomic mass is 35.5. The second kappa shape index (κ2) is 5.88. The molecular formula is C12H14ClN3O3. The Balaban J connectivity index is 1.98. The third-order valence-electron chi connectivity index (χ3n) is 2.92. The van der Waals surface area contributed by atoms with Crippen LogP contribution < -0.4 is 5.32 Å². The van der Waals surface area contributed by atoms with Crippen molar-refractivity contribution in [1.29, 1.82) is 0 Å². The monoisotopic (exact) mass is 283 g/mol. The van der Waals surface area contributed by atoms with Crippen LogP contribution in [-0.2, 0) is 4.79 Å². The maximum Gasteiger partial charge on any atom is 0.335 e. The summed E-state index contributed by atoms with van der Waals surface area (Å²) in [6, 6.07) is 2.61. The van der Waals surface area contributed by atoms with Crippen LogP contribution >= 0.6 is 11.6 Å². The van der Waals surface area contributed by atoms with Gasteiger partial charge in [0.25, 0.3) is 0 Å². The van der Waals surface area contributed by atoms with Gasteiger partial charge in [0, 0.05) is 13.1 Å². The van der Waals surface area contributed by atoms with Crippen LogP contribution in [0, 0.1) is 0 Å². The molecule has 0 unspecified atom stereocenters. The summed E-state index contributed by atoms with van der Waals surface area (Å²) in [5, 5.41) is 11.8. The van der Waals surface area contributed by atoms with Crippen molar-refractivity contribution in [3.8, 4) is 0 Å². The first-order chi connectivity index (χ1) is 9.06. The summed E-state index contributed by atoms with van der Waals surface area (Å²) < 4.78 is 0. The van der Waals surface area contributed by atoms with Crippen LogP contribution in [0.25, 0.3) is 0 Å². The zero-order valence-corrected chi connectivity index (χ0v) is 11.0. The molecule has 0 saturated carbocycles. The fraction of sp³-hybridized carbons (Fsp3) is 0.417. The van der Waals surface area contributed by atoms with Gasteiger partial charge in [0.15, 0.2) is 0 Å². The lowest BCUT2D eigenvalue weighted by molar-refractivity contribution is -0.128. The van der Waals surface area contributed by atoms with Crippen LogP contribution in [0.2, 0.25) is 5.15 Å². The third kappa shape index (κ3) is 3.57. The van der Waals surface area contributed by atoms with E-state index in [0.717, 1.165) is 25.9 Å². The Morgan fingerprint density at radius 3 is 2.68 bits per heavy atom. The lowest BCUT2D eigenvalue weighted by Crippen LogP contribution is -2.33. The Labute approximate surface area is 115 Å². The van der Waals surface area contributed by atoms with Gasteiger partial charge in [-0.1, -0.05) is 11.6 Å². The minimum absolute atomic E-state index is 0.0175. The van der Waals surface area contributed by atoms with Crippen molar-refractivity contribution in [2.24, 2.45) is 0 Å². The van der Waals surface area contributed by atoms with Crippen molar-refractivity contribution in [2.75, 3.05) is 25.0 Å². The van der Waals surface area contributed by atoms with Gasteiger partial charge in [-0.3, -0.25) is 4.79 Å². The van der Waals surface area contributed by atoms with E-state index in [1.54, 1.807) is 4.90 Å². The van der Waals surface area contributed by atoms with E-state index in [0.29, 0.717) is 0 Å². The molecule has 1 amide bonds. The number of carboxylic acid groups (broad SMARTS) is 1. The van der Waals surface area contributed by atoms with E-state index in [2.05, 4.69) is 10.3 Å². The molecule has 1 aliphatic rings. The normalized spacial score (nSPS) is 14.5. The Morgan fingerprint density at radius 1 is 1.37 bits per heavy atom. The second-order valence-corrected chi connectivity index (χ2v) is 4.70. The summed E-state index contributed by atoms with van der Waals surface area (Å²) in [4.78, 5) is 28.4. The highest BCUT2D eigenvalue weighted by Crippen LogP contribution is 2.15. The number of aromatic carboxylic acids is 1. The zero-order valence-electron chi connectivity index (χ0n) is 10.2. The van der Waals surface area contributed by atoms with E-state index in [1.807, 2.05) is 0 Å². The maximum atomic E-state index is 11.8. The Bertz CT molecular complexity index is 501. The molecule has 6 nitrogen and oxygen atoms in total. The standard InChI is InChI=1S/C12H14ClN3O3/c13-9-5-8(12(18)19)6-10(15-9)14-7-11(17)16-3-1-2-4-16/h5-6H,1-4,7H2,(H,14,15)(H,18,19). The number of pyridine rings is 1. The van der Waals surface area contributed by atoms with Gasteiger partial charge in [0.2, 0.25) is 5.91 Å². The molecule has 0 radical (unpaired) electrons. The van der Waals surface area contributed by atoms with Crippen molar-refractivity contribution in [3.63, 3.8) is 0 Å². The summed E-state index contributed by atoms with van der Waals surface area (Å²) in [5.74, 6) is -0.813. The zero-order chi connectivity index (χ0) is 13.8. The fourth-order valence-corrected chi connectivity index (χ4v) is 2.16. The lowest BCUT2D eigenvalue weighted by Gasteiger charge is -2.15. The van der Waals surface area contributed by atoms with E-state index in [1.165, 1.54) is 12.1 Å². The number of nitrogens with one attached hydrogen (secondary N) is 1. The summed E-state index contributed by atoms with van der Waals surface area (Å²) >= 11 is 5.73. The minimum atomic E-state index is -1.08. The van der Waals surface area contributed by atoms with Gasteiger partial charge in [-0.25, -0.2) is 9.78 Å². The molecule has 1 aromatic heterocycles. The molecule has 2 heterocycles. The predicted octanol–water partition coefficient (Wildman–Crippen LogP) is 1.47. The molecule has 1 aliphatic heterocycles. The molecular weight excluding hydrogens is 270 g/mol. The Morgan fingerprint density at radius 2 is 2.05 bits per heavy atom. The molecule has 2 rings (SSSR count). The first kappa shape index (κ1) is 13.6. The number of anilines is 1. The smallest absolute Gasteiger partial charge is 0.335 e. The SMILES string of the molecule is O=C(O)c1cc(Cl)nc(NCC(=O)N2CCCC2)c1. The molecule has 102 valence electrons. The quantitative estimate of drug-likeness (QED) is 0.818. The minimum Gasteiger partial charge on any atom is -0.478 e. The number of carbonyl (C=O) groups excluding carboxylic acids is 1. The number of nitrogens with zero attached hydrogens (tertiary/aromatic N) is 2. The highest BCUT2D eigenvalue weighted by molar-refractivity contribution is 6.29. The molecule has 7 heteroatoms. The number of amides is 1. The van der Waals surface area contributed by atoms with Crippen molar-refractivity contribution < 1.29 is 14.7 Å². The van der Waals surface area contributed by atoms with Crippen molar-refractivity contribution >= 4 is 29.3 Å². The summed E-state index contributed by atoms with van der Waals surface area (Å²) in [7, 11) is 0. The van der Waals surface area contributed by atoms with Crippen LogP contribution in [0.15, 0.2) is 12.1 Å². The number of carbonyl (C=O) groups is 2. The topological polar surface area (TPSA) is 82.5 Å². The molecule has 1 fully saturated rings.